The summed E-state index contributed by atoms with van der Waals surface area (Å²) < 4.78 is 0. The van der Waals surface area contributed by atoms with E-state index < -0.39 is 0 Å². The minimum Gasteiger partial charge on any atom is -0.348 e. The van der Waals surface area contributed by atoms with Crippen LogP contribution >= 0.6 is 11.3 Å². The molecule has 1 aliphatic rings. The Kier molecular flexibility index (Phi) is 6.45. The predicted molar refractivity (Wildman–Crippen MR) is 111 cm³/mol. The lowest BCUT2D eigenvalue weighted by molar-refractivity contribution is -0.118. The Morgan fingerprint density at radius 2 is 1.85 bits per heavy atom. The van der Waals surface area contributed by atoms with Gasteiger partial charge in [-0.15, -0.1) is 11.3 Å². The molecule has 3 rings (SSSR count). The molecule has 1 aromatic heterocycles. The summed E-state index contributed by atoms with van der Waals surface area (Å²) in [7, 11) is 0. The Morgan fingerprint density at radius 1 is 1.07 bits per heavy atom. The quantitative estimate of drug-likeness (QED) is 0.744. The van der Waals surface area contributed by atoms with Crippen LogP contribution in [-0.2, 0) is 4.79 Å². The van der Waals surface area contributed by atoms with E-state index in [4.69, 9.17) is 0 Å². The first-order valence-electron chi connectivity index (χ1n) is 9.47. The second kappa shape index (κ2) is 9.00. The summed E-state index contributed by atoms with van der Waals surface area (Å²) in [6.07, 6.45) is 7.27. The monoisotopic (exact) mass is 382 g/mol. The fourth-order valence-corrected chi connectivity index (χ4v) is 3.92. The van der Waals surface area contributed by atoms with E-state index in [1.165, 1.54) is 17.8 Å². The van der Waals surface area contributed by atoms with Crippen LogP contribution in [0.1, 0.15) is 58.5 Å². The molecule has 0 saturated heterocycles. The molecular formula is C22H26N2O2S. The van der Waals surface area contributed by atoms with Gasteiger partial charge in [-0.25, -0.2) is 0 Å². The third-order valence-corrected chi connectivity index (χ3v) is 5.85. The summed E-state index contributed by atoms with van der Waals surface area (Å²) in [6, 6.07) is 9.62. The maximum absolute atomic E-state index is 12.8. The van der Waals surface area contributed by atoms with Gasteiger partial charge in [0.25, 0.3) is 11.8 Å². The zero-order valence-electron chi connectivity index (χ0n) is 15.9. The van der Waals surface area contributed by atoms with Crippen LogP contribution in [0.5, 0.6) is 0 Å². The van der Waals surface area contributed by atoms with E-state index in [-0.39, 0.29) is 17.9 Å². The molecule has 5 heteroatoms. The van der Waals surface area contributed by atoms with Gasteiger partial charge >= 0.3 is 0 Å². The van der Waals surface area contributed by atoms with Gasteiger partial charge in [0.1, 0.15) is 5.70 Å². The fourth-order valence-electron chi connectivity index (χ4n) is 3.26. The standard InChI is InChI=1S/C22H26N2O2S/c1-15-10-11-17(13-16(15)2)21(25)24-20(14-19-9-6-12-27-19)22(26)23-18-7-4-3-5-8-18/h6,9-14,18H,3-5,7-8H2,1-2H3,(H,23,26)(H,24,25). The largest absolute Gasteiger partial charge is 0.348 e. The molecule has 1 aliphatic carbocycles. The first kappa shape index (κ1) is 19.4. The van der Waals surface area contributed by atoms with E-state index in [0.717, 1.165) is 41.7 Å². The number of hydrogen-bond acceptors (Lipinski definition) is 3. The highest BCUT2D eigenvalue weighted by atomic mass is 32.1. The van der Waals surface area contributed by atoms with Crippen molar-refractivity contribution < 1.29 is 9.59 Å². The van der Waals surface area contributed by atoms with Gasteiger partial charge in [-0.3, -0.25) is 9.59 Å². The van der Waals surface area contributed by atoms with E-state index in [0.29, 0.717) is 11.3 Å². The molecule has 2 aromatic rings. The molecule has 1 heterocycles. The van der Waals surface area contributed by atoms with Gasteiger partial charge in [0.2, 0.25) is 0 Å². The topological polar surface area (TPSA) is 58.2 Å². The molecule has 27 heavy (non-hydrogen) atoms. The summed E-state index contributed by atoms with van der Waals surface area (Å²) in [5, 5.41) is 7.87. The number of thiophene rings is 1. The predicted octanol–water partition coefficient (Wildman–Crippen LogP) is 4.58. The van der Waals surface area contributed by atoms with Gasteiger partial charge in [0, 0.05) is 16.5 Å². The highest BCUT2D eigenvalue weighted by Gasteiger charge is 2.20. The van der Waals surface area contributed by atoms with E-state index in [1.54, 1.807) is 12.1 Å². The summed E-state index contributed by atoms with van der Waals surface area (Å²) in [5.74, 6) is -0.479. The Morgan fingerprint density at radius 3 is 2.52 bits per heavy atom. The van der Waals surface area contributed by atoms with Gasteiger partial charge in [0.05, 0.1) is 0 Å². The molecule has 0 spiro atoms. The SMILES string of the molecule is Cc1ccc(C(=O)NC(=Cc2cccs2)C(=O)NC2CCCCC2)cc1C. The molecule has 0 atom stereocenters. The number of carbonyl (C=O) groups excluding carboxylic acids is 2. The minimum atomic E-state index is -0.264. The summed E-state index contributed by atoms with van der Waals surface area (Å²) in [5.41, 5.74) is 3.04. The van der Waals surface area contributed by atoms with Crippen LogP contribution in [-0.4, -0.2) is 17.9 Å². The van der Waals surface area contributed by atoms with Crippen molar-refractivity contribution in [2.75, 3.05) is 0 Å². The van der Waals surface area contributed by atoms with Crippen molar-refractivity contribution in [2.24, 2.45) is 0 Å². The number of aryl methyl sites for hydroxylation is 2. The molecule has 0 unspecified atom stereocenters. The van der Waals surface area contributed by atoms with E-state index >= 15 is 0 Å². The van der Waals surface area contributed by atoms with E-state index in [1.807, 2.05) is 43.5 Å². The fraction of sp³-hybridized carbons (Fsp3) is 0.364. The minimum absolute atomic E-state index is 0.191. The van der Waals surface area contributed by atoms with Crippen LogP contribution in [0.2, 0.25) is 0 Å². The van der Waals surface area contributed by atoms with Crippen LogP contribution in [0, 0.1) is 13.8 Å². The number of rotatable bonds is 5. The molecule has 0 aliphatic heterocycles. The van der Waals surface area contributed by atoms with Gasteiger partial charge in [-0.2, -0.15) is 0 Å². The van der Waals surface area contributed by atoms with Gasteiger partial charge < -0.3 is 10.6 Å². The highest BCUT2D eigenvalue weighted by Crippen LogP contribution is 2.19. The second-order valence-electron chi connectivity index (χ2n) is 7.13. The summed E-state index contributed by atoms with van der Waals surface area (Å²) in [4.78, 5) is 26.5. The smallest absolute Gasteiger partial charge is 0.268 e. The second-order valence-corrected chi connectivity index (χ2v) is 8.11. The number of amides is 2. The van der Waals surface area contributed by atoms with E-state index in [2.05, 4.69) is 10.6 Å². The van der Waals surface area contributed by atoms with Gasteiger partial charge in [0.15, 0.2) is 0 Å². The van der Waals surface area contributed by atoms with Crippen molar-refractivity contribution in [1.82, 2.24) is 10.6 Å². The average Bonchev–Trinajstić information content (AvgIpc) is 3.17. The molecule has 2 N–H and O–H groups in total. The lowest BCUT2D eigenvalue weighted by Crippen LogP contribution is -2.41. The molecule has 4 nitrogen and oxygen atoms in total. The van der Waals surface area contributed by atoms with Crippen molar-refractivity contribution in [3.05, 3.63) is 63.0 Å². The first-order chi connectivity index (χ1) is 13.0. The van der Waals surface area contributed by atoms with Crippen molar-refractivity contribution in [3.8, 4) is 0 Å². The van der Waals surface area contributed by atoms with Crippen LogP contribution in [0.25, 0.3) is 6.08 Å². The number of nitrogens with one attached hydrogen (secondary N) is 2. The van der Waals surface area contributed by atoms with Crippen LogP contribution < -0.4 is 10.6 Å². The van der Waals surface area contributed by atoms with Crippen molar-refractivity contribution in [1.29, 1.82) is 0 Å². The summed E-state index contributed by atoms with van der Waals surface area (Å²) in [6.45, 7) is 3.99. The zero-order valence-corrected chi connectivity index (χ0v) is 16.7. The van der Waals surface area contributed by atoms with Crippen LogP contribution in [0.3, 0.4) is 0 Å². The van der Waals surface area contributed by atoms with Crippen molar-refractivity contribution >= 4 is 29.2 Å². The Balaban J connectivity index is 1.78. The molecule has 0 bridgehead atoms. The summed E-state index contributed by atoms with van der Waals surface area (Å²) >= 11 is 1.53. The molecular weight excluding hydrogens is 356 g/mol. The molecule has 2 amide bonds. The molecule has 1 saturated carbocycles. The molecule has 1 fully saturated rings. The van der Waals surface area contributed by atoms with Crippen molar-refractivity contribution in [3.63, 3.8) is 0 Å². The number of benzene rings is 1. The normalized spacial score (nSPS) is 15.4. The lowest BCUT2D eigenvalue weighted by Gasteiger charge is -2.23. The van der Waals surface area contributed by atoms with E-state index in [9.17, 15) is 9.59 Å². The Labute approximate surface area is 164 Å². The average molecular weight is 383 g/mol. The van der Waals surface area contributed by atoms with Crippen molar-refractivity contribution in [2.45, 2.75) is 52.0 Å². The number of carbonyl (C=O) groups is 2. The maximum Gasteiger partial charge on any atom is 0.268 e. The molecule has 142 valence electrons. The first-order valence-corrected chi connectivity index (χ1v) is 10.4. The van der Waals surface area contributed by atoms with Gasteiger partial charge in [-0.05, 0) is 67.5 Å². The Hall–Kier alpha value is -2.40. The van der Waals surface area contributed by atoms with Crippen LogP contribution in [0.4, 0.5) is 0 Å². The molecule has 1 aromatic carbocycles. The maximum atomic E-state index is 12.8. The zero-order chi connectivity index (χ0) is 19.2. The Bertz CT molecular complexity index is 834. The van der Waals surface area contributed by atoms with Gasteiger partial charge in [-0.1, -0.05) is 31.4 Å². The third-order valence-electron chi connectivity index (χ3n) is 5.03. The third kappa shape index (κ3) is 5.30. The molecule has 0 radical (unpaired) electrons. The highest BCUT2D eigenvalue weighted by molar-refractivity contribution is 7.10. The van der Waals surface area contributed by atoms with Crippen LogP contribution in [0.15, 0.2) is 41.4 Å². The number of hydrogen-bond donors (Lipinski definition) is 2. The lowest BCUT2D eigenvalue weighted by atomic mass is 9.95.